The Hall–Kier alpha value is -1.99. The van der Waals surface area contributed by atoms with Gasteiger partial charge in [-0.1, -0.05) is 12.8 Å². The van der Waals surface area contributed by atoms with Crippen LogP contribution in [0.2, 0.25) is 0 Å². The third-order valence-electron chi connectivity index (χ3n) is 3.66. The van der Waals surface area contributed by atoms with Crippen LogP contribution in [-0.2, 0) is 0 Å². The smallest absolute Gasteiger partial charge is 0.284 e. The van der Waals surface area contributed by atoms with Gasteiger partial charge in [0, 0.05) is 0 Å². The summed E-state index contributed by atoms with van der Waals surface area (Å²) >= 11 is 0. The van der Waals surface area contributed by atoms with Gasteiger partial charge in [-0.15, -0.1) is 0 Å². The summed E-state index contributed by atoms with van der Waals surface area (Å²) in [7, 11) is 0. The molecule has 7 nitrogen and oxygen atoms in total. The quantitative estimate of drug-likeness (QED) is 0.699. The van der Waals surface area contributed by atoms with E-state index in [9.17, 15) is 9.90 Å². The fourth-order valence-corrected chi connectivity index (χ4v) is 2.54. The first-order valence-corrected chi connectivity index (χ1v) is 6.77. The third kappa shape index (κ3) is 2.50. The Labute approximate surface area is 116 Å². The van der Waals surface area contributed by atoms with Gasteiger partial charge in [-0.3, -0.25) is 10.2 Å². The third-order valence-corrected chi connectivity index (χ3v) is 3.66. The Balaban J connectivity index is 1.67. The van der Waals surface area contributed by atoms with E-state index >= 15 is 0 Å². The average molecular weight is 275 g/mol. The van der Waals surface area contributed by atoms with Gasteiger partial charge >= 0.3 is 0 Å². The largest absolute Gasteiger partial charge is 0.391 e. The highest BCUT2D eigenvalue weighted by atomic mass is 16.3. The Morgan fingerprint density at radius 2 is 2.20 bits per heavy atom. The van der Waals surface area contributed by atoms with Crippen LogP contribution in [-0.4, -0.2) is 37.8 Å². The molecule has 2 aromatic rings. The van der Waals surface area contributed by atoms with Crippen LogP contribution in [0, 0.1) is 0 Å². The molecule has 7 heteroatoms. The van der Waals surface area contributed by atoms with Gasteiger partial charge in [-0.25, -0.2) is 14.9 Å². The SMILES string of the molecule is O=C(NN[C@@H]1CCCC[C@@H]1O)c1ccc2cncnn12. The molecule has 0 bridgehead atoms. The summed E-state index contributed by atoms with van der Waals surface area (Å²) in [6.45, 7) is 0. The van der Waals surface area contributed by atoms with Crippen LogP contribution in [0.5, 0.6) is 0 Å². The number of aliphatic hydroxyl groups excluding tert-OH is 1. The zero-order valence-corrected chi connectivity index (χ0v) is 11.0. The molecule has 0 spiro atoms. The summed E-state index contributed by atoms with van der Waals surface area (Å²) in [4.78, 5) is 16.0. The van der Waals surface area contributed by atoms with Crippen LogP contribution in [0.1, 0.15) is 36.2 Å². The highest BCUT2D eigenvalue weighted by molar-refractivity contribution is 5.93. The summed E-state index contributed by atoms with van der Waals surface area (Å²) in [6, 6.07) is 3.39. The number of hydrogen-bond acceptors (Lipinski definition) is 5. The molecule has 1 amide bonds. The van der Waals surface area contributed by atoms with E-state index in [0.717, 1.165) is 31.2 Å². The lowest BCUT2D eigenvalue weighted by Crippen LogP contribution is -2.51. The minimum Gasteiger partial charge on any atom is -0.391 e. The van der Waals surface area contributed by atoms with Gasteiger partial charge in [0.1, 0.15) is 12.0 Å². The normalized spacial score (nSPS) is 22.9. The number of carbonyl (C=O) groups is 1. The summed E-state index contributed by atoms with van der Waals surface area (Å²) in [5, 5.41) is 13.9. The maximum atomic E-state index is 12.1. The molecule has 0 saturated heterocycles. The van der Waals surface area contributed by atoms with E-state index < -0.39 is 6.10 Å². The molecule has 20 heavy (non-hydrogen) atoms. The standard InChI is InChI=1S/C13H17N5O2/c19-12-4-2-1-3-10(12)16-17-13(20)11-6-5-9-7-14-8-15-18(9)11/h5-8,10,12,16,19H,1-4H2,(H,17,20)/t10-,12+/m1/s1. The lowest BCUT2D eigenvalue weighted by atomic mass is 9.93. The molecule has 0 radical (unpaired) electrons. The first-order chi connectivity index (χ1) is 9.75. The van der Waals surface area contributed by atoms with E-state index in [1.165, 1.54) is 10.8 Å². The molecule has 0 aliphatic heterocycles. The molecule has 1 aliphatic rings. The maximum Gasteiger partial charge on any atom is 0.284 e. The average Bonchev–Trinajstić information content (AvgIpc) is 2.90. The predicted molar refractivity (Wildman–Crippen MR) is 71.9 cm³/mol. The van der Waals surface area contributed by atoms with Gasteiger partial charge in [0.25, 0.3) is 5.91 Å². The Kier molecular flexibility index (Phi) is 3.62. The summed E-state index contributed by atoms with van der Waals surface area (Å²) in [6.07, 6.45) is 6.35. The second-order valence-electron chi connectivity index (χ2n) is 5.02. The monoisotopic (exact) mass is 275 g/mol. The number of carbonyl (C=O) groups excluding carboxylic acids is 1. The number of aliphatic hydroxyl groups is 1. The first-order valence-electron chi connectivity index (χ1n) is 6.77. The van der Waals surface area contributed by atoms with E-state index in [2.05, 4.69) is 20.9 Å². The zero-order chi connectivity index (χ0) is 13.9. The van der Waals surface area contributed by atoms with Crippen LogP contribution in [0.15, 0.2) is 24.7 Å². The van der Waals surface area contributed by atoms with Crippen molar-refractivity contribution in [1.82, 2.24) is 25.4 Å². The van der Waals surface area contributed by atoms with Gasteiger partial charge in [-0.2, -0.15) is 5.10 Å². The molecular weight excluding hydrogens is 258 g/mol. The molecule has 0 aromatic carbocycles. The second kappa shape index (κ2) is 5.56. The number of nitrogens with one attached hydrogen (secondary N) is 2. The Morgan fingerprint density at radius 3 is 3.05 bits per heavy atom. The van der Waals surface area contributed by atoms with Crippen molar-refractivity contribution in [2.75, 3.05) is 0 Å². The topological polar surface area (TPSA) is 91.5 Å². The Bertz CT molecular complexity index is 612. The summed E-state index contributed by atoms with van der Waals surface area (Å²) in [5.74, 6) is -0.276. The van der Waals surface area contributed by atoms with Crippen LogP contribution in [0.25, 0.3) is 5.52 Å². The molecule has 1 fully saturated rings. The van der Waals surface area contributed by atoms with Crippen LogP contribution in [0.4, 0.5) is 0 Å². The fourth-order valence-electron chi connectivity index (χ4n) is 2.54. The maximum absolute atomic E-state index is 12.1. The molecule has 3 N–H and O–H groups in total. The van der Waals surface area contributed by atoms with E-state index in [-0.39, 0.29) is 11.9 Å². The molecule has 2 heterocycles. The number of hydrogen-bond donors (Lipinski definition) is 3. The molecule has 1 aliphatic carbocycles. The molecular formula is C13H17N5O2. The summed E-state index contributed by atoms with van der Waals surface area (Å²) < 4.78 is 1.53. The minimum atomic E-state index is -0.407. The van der Waals surface area contributed by atoms with Gasteiger partial charge in [-0.05, 0) is 25.0 Å². The Morgan fingerprint density at radius 1 is 1.35 bits per heavy atom. The highest BCUT2D eigenvalue weighted by Crippen LogP contribution is 2.17. The summed E-state index contributed by atoms with van der Waals surface area (Å²) in [5.41, 5.74) is 6.76. The van der Waals surface area contributed by atoms with Crippen molar-refractivity contribution in [3.8, 4) is 0 Å². The zero-order valence-electron chi connectivity index (χ0n) is 11.0. The highest BCUT2D eigenvalue weighted by Gasteiger charge is 2.23. The number of rotatable bonds is 3. The van der Waals surface area contributed by atoms with E-state index in [4.69, 9.17) is 0 Å². The second-order valence-corrected chi connectivity index (χ2v) is 5.02. The van der Waals surface area contributed by atoms with Crippen LogP contribution in [0.3, 0.4) is 0 Å². The van der Waals surface area contributed by atoms with Gasteiger partial charge in [0.15, 0.2) is 0 Å². The van der Waals surface area contributed by atoms with Gasteiger partial charge in [0.2, 0.25) is 0 Å². The van der Waals surface area contributed by atoms with Gasteiger partial charge < -0.3 is 5.11 Å². The van der Waals surface area contributed by atoms with Crippen molar-refractivity contribution in [3.05, 3.63) is 30.4 Å². The molecule has 106 valence electrons. The number of hydrazine groups is 1. The lowest BCUT2D eigenvalue weighted by Gasteiger charge is -2.28. The lowest BCUT2D eigenvalue weighted by molar-refractivity contribution is 0.0733. The number of aromatic nitrogens is 3. The van der Waals surface area contributed by atoms with Crippen LogP contribution < -0.4 is 10.9 Å². The minimum absolute atomic E-state index is 0.0893. The molecule has 1 saturated carbocycles. The number of fused-ring (bicyclic) bond motifs is 1. The van der Waals surface area contributed by atoms with Crippen molar-refractivity contribution >= 4 is 11.4 Å². The van der Waals surface area contributed by atoms with Gasteiger partial charge in [0.05, 0.1) is 23.9 Å². The van der Waals surface area contributed by atoms with Crippen molar-refractivity contribution < 1.29 is 9.90 Å². The number of nitrogens with zero attached hydrogens (tertiary/aromatic N) is 3. The van der Waals surface area contributed by atoms with E-state index in [0.29, 0.717) is 5.69 Å². The van der Waals surface area contributed by atoms with Crippen molar-refractivity contribution in [2.24, 2.45) is 0 Å². The number of amides is 1. The van der Waals surface area contributed by atoms with Crippen molar-refractivity contribution in [2.45, 2.75) is 37.8 Å². The molecule has 2 aromatic heterocycles. The van der Waals surface area contributed by atoms with Crippen molar-refractivity contribution in [1.29, 1.82) is 0 Å². The first kappa shape index (κ1) is 13.0. The fraction of sp³-hybridized carbons (Fsp3) is 0.462. The predicted octanol–water partition coefficient (Wildman–Crippen LogP) is 0.267. The van der Waals surface area contributed by atoms with Crippen LogP contribution >= 0.6 is 0 Å². The van der Waals surface area contributed by atoms with Crippen molar-refractivity contribution in [3.63, 3.8) is 0 Å². The molecule has 0 unspecified atom stereocenters. The van der Waals surface area contributed by atoms with E-state index in [1.54, 1.807) is 18.3 Å². The van der Waals surface area contributed by atoms with E-state index in [1.807, 2.05) is 0 Å². The molecule has 2 atom stereocenters. The molecule has 3 rings (SSSR count).